The van der Waals surface area contributed by atoms with Crippen molar-refractivity contribution < 1.29 is 9.52 Å². The highest BCUT2D eigenvalue weighted by Gasteiger charge is 2.23. The van der Waals surface area contributed by atoms with Crippen LogP contribution in [0.1, 0.15) is 56.6 Å². The van der Waals surface area contributed by atoms with Gasteiger partial charge in [0.25, 0.3) is 0 Å². The van der Waals surface area contributed by atoms with Crippen LogP contribution in [0.15, 0.2) is 27.8 Å². The van der Waals surface area contributed by atoms with Crippen molar-refractivity contribution >= 4 is 5.96 Å². The number of rotatable bonds is 6. The summed E-state index contributed by atoms with van der Waals surface area (Å²) in [6.45, 7) is 7.99. The molecule has 3 heterocycles. The molecule has 1 aliphatic heterocycles. The Hall–Kier alpha value is -2.35. The third kappa shape index (κ3) is 4.43. The van der Waals surface area contributed by atoms with Gasteiger partial charge in [-0.2, -0.15) is 5.10 Å². The first-order valence-corrected chi connectivity index (χ1v) is 9.26. The number of fused-ring (bicyclic) bond motifs is 1. The first-order chi connectivity index (χ1) is 12.6. The van der Waals surface area contributed by atoms with Crippen molar-refractivity contribution in [2.45, 2.75) is 58.2 Å². The molecular weight excluding hydrogens is 332 g/mol. The van der Waals surface area contributed by atoms with Crippen LogP contribution in [0.3, 0.4) is 0 Å². The summed E-state index contributed by atoms with van der Waals surface area (Å²) in [6.07, 6.45) is 2.67. The summed E-state index contributed by atoms with van der Waals surface area (Å²) in [7, 11) is 0. The van der Waals surface area contributed by atoms with Gasteiger partial charge >= 0.3 is 0 Å². The van der Waals surface area contributed by atoms with Gasteiger partial charge in [0.05, 0.1) is 19.4 Å². The number of aliphatic hydroxyl groups is 1. The van der Waals surface area contributed by atoms with Crippen molar-refractivity contribution in [1.82, 2.24) is 25.4 Å². The fourth-order valence-electron chi connectivity index (χ4n) is 2.95. The maximum Gasteiger partial charge on any atom is 0.191 e. The molecule has 2 unspecified atom stereocenters. The number of hydrogen-bond acceptors (Lipinski definition) is 5. The molecule has 0 saturated carbocycles. The van der Waals surface area contributed by atoms with Crippen LogP contribution in [0, 0.1) is 0 Å². The number of aryl methyl sites for hydroxylation is 1. The van der Waals surface area contributed by atoms with Crippen LogP contribution in [0.5, 0.6) is 0 Å². The first-order valence-electron chi connectivity index (χ1n) is 9.26. The Bertz CT molecular complexity index is 722. The van der Waals surface area contributed by atoms with E-state index >= 15 is 0 Å². The van der Waals surface area contributed by atoms with Crippen molar-refractivity contribution in [2.75, 3.05) is 13.1 Å². The smallest absolute Gasteiger partial charge is 0.191 e. The lowest BCUT2D eigenvalue weighted by molar-refractivity contribution is 0.158. The molecule has 2 aromatic rings. The van der Waals surface area contributed by atoms with Crippen molar-refractivity contribution in [3.05, 3.63) is 35.8 Å². The number of aliphatic imine (C=N–C) groups is 1. The van der Waals surface area contributed by atoms with E-state index in [1.807, 2.05) is 11.6 Å². The van der Waals surface area contributed by atoms with E-state index in [0.29, 0.717) is 17.6 Å². The number of hydrogen-bond donors (Lipinski definition) is 3. The van der Waals surface area contributed by atoms with Crippen LogP contribution in [0.25, 0.3) is 0 Å². The second-order valence-corrected chi connectivity index (χ2v) is 6.85. The molecule has 3 rings (SSSR count). The lowest BCUT2D eigenvalue weighted by atomic mass is 10.1. The highest BCUT2D eigenvalue weighted by molar-refractivity contribution is 5.80. The van der Waals surface area contributed by atoms with E-state index < -0.39 is 6.10 Å². The van der Waals surface area contributed by atoms with E-state index in [1.54, 1.807) is 18.4 Å². The fourth-order valence-corrected chi connectivity index (χ4v) is 2.95. The highest BCUT2D eigenvalue weighted by Crippen LogP contribution is 2.17. The molecule has 0 aromatic carbocycles. The minimum atomic E-state index is -0.748. The zero-order valence-corrected chi connectivity index (χ0v) is 15.6. The molecule has 3 N–H and O–H groups in total. The number of nitrogens with zero attached hydrogens (tertiary/aromatic N) is 4. The Labute approximate surface area is 153 Å². The van der Waals surface area contributed by atoms with Crippen LogP contribution >= 0.6 is 0 Å². The number of guanidine groups is 1. The first kappa shape index (κ1) is 18.4. The highest BCUT2D eigenvalue weighted by atomic mass is 16.4. The molecule has 142 valence electrons. The normalized spacial score (nSPS) is 18.7. The van der Waals surface area contributed by atoms with Gasteiger partial charge in [-0.25, -0.2) is 9.67 Å². The molecule has 0 bridgehead atoms. The zero-order chi connectivity index (χ0) is 18.5. The quantitative estimate of drug-likeness (QED) is 0.534. The maximum absolute atomic E-state index is 10.1. The standard InChI is InChI=1S/C18H28N6O2/c1-4-19-18(20-10-14(25)15-6-5-9-26-15)21-13-7-8-16-22-17(12(2)3)23-24(16)11-13/h5-6,9,12-14,25H,4,7-8,10-11H2,1-3H3,(H2,19,20,21). The van der Waals surface area contributed by atoms with Crippen LogP contribution in [-0.4, -0.2) is 45.0 Å². The largest absolute Gasteiger partial charge is 0.467 e. The Morgan fingerprint density at radius 2 is 2.35 bits per heavy atom. The monoisotopic (exact) mass is 360 g/mol. The summed E-state index contributed by atoms with van der Waals surface area (Å²) in [6, 6.07) is 3.73. The number of nitrogens with one attached hydrogen (secondary N) is 2. The molecule has 0 saturated heterocycles. The number of aliphatic hydroxyl groups excluding tert-OH is 1. The van der Waals surface area contributed by atoms with Gasteiger partial charge in [-0.05, 0) is 25.5 Å². The predicted molar refractivity (Wildman–Crippen MR) is 99.0 cm³/mol. The summed E-state index contributed by atoms with van der Waals surface area (Å²) < 4.78 is 7.22. The molecule has 0 aliphatic carbocycles. The molecule has 0 amide bonds. The summed E-state index contributed by atoms with van der Waals surface area (Å²) in [5.41, 5.74) is 0. The topological polar surface area (TPSA) is 100 Å². The van der Waals surface area contributed by atoms with Gasteiger partial charge in [-0.15, -0.1) is 0 Å². The number of aromatic nitrogens is 3. The lowest BCUT2D eigenvalue weighted by Gasteiger charge is -2.25. The fraction of sp³-hybridized carbons (Fsp3) is 0.611. The van der Waals surface area contributed by atoms with Gasteiger partial charge in [-0.1, -0.05) is 13.8 Å². The molecule has 0 spiro atoms. The molecule has 8 nitrogen and oxygen atoms in total. The maximum atomic E-state index is 10.1. The summed E-state index contributed by atoms with van der Waals surface area (Å²) in [5, 5.41) is 21.4. The van der Waals surface area contributed by atoms with Crippen LogP contribution in [-0.2, 0) is 13.0 Å². The minimum Gasteiger partial charge on any atom is -0.467 e. The van der Waals surface area contributed by atoms with Gasteiger partial charge in [0.15, 0.2) is 11.8 Å². The Morgan fingerprint density at radius 1 is 1.50 bits per heavy atom. The average Bonchev–Trinajstić information content (AvgIpc) is 3.28. The van der Waals surface area contributed by atoms with E-state index in [0.717, 1.165) is 37.6 Å². The molecule has 26 heavy (non-hydrogen) atoms. The molecular formula is C18H28N6O2. The van der Waals surface area contributed by atoms with E-state index in [4.69, 9.17) is 4.42 Å². The third-order valence-corrected chi connectivity index (χ3v) is 4.37. The van der Waals surface area contributed by atoms with Crippen molar-refractivity contribution in [3.63, 3.8) is 0 Å². The zero-order valence-electron chi connectivity index (χ0n) is 15.6. The van der Waals surface area contributed by atoms with Crippen molar-refractivity contribution in [2.24, 2.45) is 4.99 Å². The van der Waals surface area contributed by atoms with Gasteiger partial charge in [0, 0.05) is 24.9 Å². The Morgan fingerprint density at radius 3 is 3.04 bits per heavy atom. The Kier molecular flexibility index (Phi) is 5.92. The van der Waals surface area contributed by atoms with Gasteiger partial charge in [0.2, 0.25) is 0 Å². The summed E-state index contributed by atoms with van der Waals surface area (Å²) in [4.78, 5) is 9.11. The van der Waals surface area contributed by atoms with E-state index in [2.05, 4.69) is 39.6 Å². The molecule has 1 aliphatic rings. The summed E-state index contributed by atoms with van der Waals surface area (Å²) in [5.74, 6) is 3.51. The predicted octanol–water partition coefficient (Wildman–Crippen LogP) is 1.60. The van der Waals surface area contributed by atoms with E-state index in [1.165, 1.54) is 0 Å². The average molecular weight is 360 g/mol. The second-order valence-electron chi connectivity index (χ2n) is 6.85. The van der Waals surface area contributed by atoms with Gasteiger partial charge in [0.1, 0.15) is 17.7 Å². The molecule has 8 heteroatoms. The Balaban J connectivity index is 1.61. The molecule has 2 aromatic heterocycles. The minimum absolute atomic E-state index is 0.225. The lowest BCUT2D eigenvalue weighted by Crippen LogP contribution is -2.47. The van der Waals surface area contributed by atoms with Gasteiger partial charge < -0.3 is 20.2 Å². The van der Waals surface area contributed by atoms with E-state index in [9.17, 15) is 5.11 Å². The molecule has 2 atom stereocenters. The number of furan rings is 1. The van der Waals surface area contributed by atoms with Crippen molar-refractivity contribution in [3.8, 4) is 0 Å². The van der Waals surface area contributed by atoms with E-state index in [-0.39, 0.29) is 12.6 Å². The third-order valence-electron chi connectivity index (χ3n) is 4.37. The molecule has 0 radical (unpaired) electrons. The summed E-state index contributed by atoms with van der Waals surface area (Å²) >= 11 is 0. The van der Waals surface area contributed by atoms with Crippen LogP contribution < -0.4 is 10.6 Å². The van der Waals surface area contributed by atoms with Gasteiger partial charge in [-0.3, -0.25) is 4.99 Å². The van der Waals surface area contributed by atoms with Crippen LogP contribution in [0.4, 0.5) is 0 Å². The SMILES string of the molecule is CCNC(=NCC(O)c1ccco1)NC1CCc2nc(C(C)C)nn2C1. The molecule has 0 fully saturated rings. The van der Waals surface area contributed by atoms with Crippen molar-refractivity contribution in [1.29, 1.82) is 0 Å². The second kappa shape index (κ2) is 8.35. The van der Waals surface area contributed by atoms with Crippen LogP contribution in [0.2, 0.25) is 0 Å².